The second kappa shape index (κ2) is 9.31. The molecule has 1 aliphatic heterocycles. The summed E-state index contributed by atoms with van der Waals surface area (Å²) in [5.41, 5.74) is 2.24. The van der Waals surface area contributed by atoms with Gasteiger partial charge in [0.2, 0.25) is 12.7 Å². The van der Waals surface area contributed by atoms with E-state index in [1.54, 1.807) is 0 Å². The van der Waals surface area contributed by atoms with Crippen molar-refractivity contribution in [2.24, 2.45) is 0 Å². The van der Waals surface area contributed by atoms with E-state index in [0.29, 0.717) is 26.1 Å². The zero-order valence-corrected chi connectivity index (χ0v) is 16.1. The zero-order chi connectivity index (χ0) is 19.1. The highest BCUT2D eigenvalue weighted by molar-refractivity contribution is 5.76. The lowest BCUT2D eigenvalue weighted by Crippen LogP contribution is -2.30. The molecule has 5 heteroatoms. The number of unbranched alkanes of at least 4 members (excludes halogenated alkanes) is 1. The number of rotatable bonds is 9. The molecule has 0 bridgehead atoms. The number of ether oxygens (including phenoxy) is 3. The van der Waals surface area contributed by atoms with E-state index < -0.39 is 0 Å². The van der Waals surface area contributed by atoms with Crippen LogP contribution in [0.4, 0.5) is 0 Å². The van der Waals surface area contributed by atoms with Gasteiger partial charge < -0.3 is 19.1 Å². The largest absolute Gasteiger partial charge is 0.494 e. The highest BCUT2D eigenvalue weighted by atomic mass is 16.7. The van der Waals surface area contributed by atoms with Crippen molar-refractivity contribution in [1.82, 2.24) is 4.90 Å². The van der Waals surface area contributed by atoms with Crippen LogP contribution in [-0.4, -0.2) is 30.8 Å². The van der Waals surface area contributed by atoms with Crippen molar-refractivity contribution in [3.63, 3.8) is 0 Å². The summed E-state index contributed by atoms with van der Waals surface area (Å²) in [6.07, 6.45) is 2.22. The Morgan fingerprint density at radius 1 is 1.11 bits per heavy atom. The highest BCUT2D eigenvalue weighted by Crippen LogP contribution is 2.32. The Kier molecular flexibility index (Phi) is 6.58. The molecule has 0 saturated heterocycles. The first kappa shape index (κ1) is 19.1. The van der Waals surface area contributed by atoms with Crippen LogP contribution in [0.3, 0.4) is 0 Å². The Morgan fingerprint density at radius 3 is 2.78 bits per heavy atom. The molecule has 2 aromatic carbocycles. The van der Waals surface area contributed by atoms with E-state index in [1.807, 2.05) is 61.2 Å². The van der Waals surface area contributed by atoms with E-state index in [1.165, 1.54) is 5.56 Å². The molecule has 0 unspecified atom stereocenters. The van der Waals surface area contributed by atoms with Gasteiger partial charge in [-0.15, -0.1) is 0 Å². The number of hydrogen-bond donors (Lipinski definition) is 0. The quantitative estimate of drug-likeness (QED) is 0.618. The summed E-state index contributed by atoms with van der Waals surface area (Å²) in [7, 11) is 0. The van der Waals surface area contributed by atoms with Crippen LogP contribution in [-0.2, 0) is 11.3 Å². The van der Waals surface area contributed by atoms with Crippen molar-refractivity contribution < 1.29 is 19.0 Å². The summed E-state index contributed by atoms with van der Waals surface area (Å²) >= 11 is 0. The molecule has 5 nitrogen and oxygen atoms in total. The van der Waals surface area contributed by atoms with Crippen molar-refractivity contribution in [3.8, 4) is 17.2 Å². The molecule has 0 N–H and O–H groups in total. The van der Waals surface area contributed by atoms with E-state index in [9.17, 15) is 4.79 Å². The predicted molar refractivity (Wildman–Crippen MR) is 104 cm³/mol. The Morgan fingerprint density at radius 2 is 1.96 bits per heavy atom. The summed E-state index contributed by atoms with van der Waals surface area (Å²) < 4.78 is 16.5. The maximum absolute atomic E-state index is 12.5. The lowest BCUT2D eigenvalue weighted by Gasteiger charge is -2.21. The average Bonchev–Trinajstić information content (AvgIpc) is 3.13. The monoisotopic (exact) mass is 369 g/mol. The molecular weight excluding hydrogens is 342 g/mol. The summed E-state index contributed by atoms with van der Waals surface area (Å²) in [6, 6.07) is 13.9. The Balaban J connectivity index is 1.40. The van der Waals surface area contributed by atoms with Crippen molar-refractivity contribution in [3.05, 3.63) is 53.6 Å². The van der Waals surface area contributed by atoms with E-state index in [0.717, 1.165) is 35.7 Å². The third-order valence-electron chi connectivity index (χ3n) is 4.59. The van der Waals surface area contributed by atoms with Gasteiger partial charge in [0.05, 0.1) is 6.61 Å². The van der Waals surface area contributed by atoms with Crippen LogP contribution < -0.4 is 14.2 Å². The van der Waals surface area contributed by atoms with Gasteiger partial charge in [-0.3, -0.25) is 4.79 Å². The van der Waals surface area contributed by atoms with E-state index in [-0.39, 0.29) is 12.7 Å². The van der Waals surface area contributed by atoms with Crippen LogP contribution in [0.15, 0.2) is 42.5 Å². The summed E-state index contributed by atoms with van der Waals surface area (Å²) in [4.78, 5) is 14.4. The van der Waals surface area contributed by atoms with Crippen LogP contribution in [0.5, 0.6) is 17.2 Å². The topological polar surface area (TPSA) is 48.0 Å². The third kappa shape index (κ3) is 5.39. The van der Waals surface area contributed by atoms with Crippen LogP contribution in [0.25, 0.3) is 0 Å². The van der Waals surface area contributed by atoms with Gasteiger partial charge in [0.25, 0.3) is 0 Å². The molecule has 0 fully saturated rings. The second-order valence-electron chi connectivity index (χ2n) is 6.72. The fourth-order valence-corrected chi connectivity index (χ4v) is 3.07. The molecule has 0 aromatic heterocycles. The van der Waals surface area contributed by atoms with Crippen LogP contribution in [0, 0.1) is 6.92 Å². The number of nitrogens with zero attached hydrogens (tertiary/aromatic N) is 1. The summed E-state index contributed by atoms with van der Waals surface area (Å²) in [5.74, 6) is 2.58. The maximum Gasteiger partial charge on any atom is 0.231 e. The molecule has 0 aliphatic carbocycles. The Hall–Kier alpha value is -2.69. The summed E-state index contributed by atoms with van der Waals surface area (Å²) in [5, 5.41) is 0. The number of hydrogen-bond acceptors (Lipinski definition) is 4. The lowest BCUT2D eigenvalue weighted by atomic mass is 10.1. The minimum Gasteiger partial charge on any atom is -0.494 e. The molecule has 3 rings (SSSR count). The van der Waals surface area contributed by atoms with Gasteiger partial charge in [-0.2, -0.15) is 0 Å². The van der Waals surface area contributed by atoms with Crippen LogP contribution in [0.2, 0.25) is 0 Å². The van der Waals surface area contributed by atoms with Gasteiger partial charge in [-0.1, -0.05) is 18.2 Å². The standard InChI is InChI=1S/C22H27NO4/c1-3-23(15-18-10-11-20-21(14-18)27-16-26-20)22(24)9-4-5-12-25-19-8-6-7-17(2)13-19/h6-8,10-11,13-14H,3-5,9,12,15-16H2,1-2H3. The molecule has 1 heterocycles. The number of aryl methyl sites for hydroxylation is 1. The number of benzene rings is 2. The third-order valence-corrected chi connectivity index (χ3v) is 4.59. The molecule has 2 aromatic rings. The molecule has 144 valence electrons. The SMILES string of the molecule is CCN(Cc1ccc2c(c1)OCO2)C(=O)CCCCOc1cccc(C)c1. The van der Waals surface area contributed by atoms with Crippen molar-refractivity contribution in [1.29, 1.82) is 0 Å². The van der Waals surface area contributed by atoms with Gasteiger partial charge >= 0.3 is 0 Å². The smallest absolute Gasteiger partial charge is 0.231 e. The van der Waals surface area contributed by atoms with Crippen LogP contribution in [0.1, 0.15) is 37.3 Å². The fraction of sp³-hybridized carbons (Fsp3) is 0.409. The van der Waals surface area contributed by atoms with E-state index >= 15 is 0 Å². The molecule has 27 heavy (non-hydrogen) atoms. The van der Waals surface area contributed by atoms with Crippen molar-refractivity contribution in [2.45, 2.75) is 39.7 Å². The molecule has 1 aliphatic rings. The number of carbonyl (C=O) groups is 1. The van der Waals surface area contributed by atoms with Crippen molar-refractivity contribution in [2.75, 3.05) is 19.9 Å². The number of amides is 1. The van der Waals surface area contributed by atoms with E-state index in [2.05, 4.69) is 0 Å². The molecular formula is C22H27NO4. The minimum atomic E-state index is 0.172. The Labute approximate surface area is 160 Å². The van der Waals surface area contributed by atoms with Gasteiger partial charge in [0.1, 0.15) is 5.75 Å². The van der Waals surface area contributed by atoms with Gasteiger partial charge in [-0.25, -0.2) is 0 Å². The number of fused-ring (bicyclic) bond motifs is 1. The highest BCUT2D eigenvalue weighted by Gasteiger charge is 2.16. The molecule has 0 radical (unpaired) electrons. The second-order valence-corrected chi connectivity index (χ2v) is 6.72. The molecule has 0 spiro atoms. The maximum atomic E-state index is 12.5. The van der Waals surface area contributed by atoms with Gasteiger partial charge in [-0.05, 0) is 62.1 Å². The lowest BCUT2D eigenvalue weighted by molar-refractivity contribution is -0.131. The number of carbonyl (C=O) groups excluding carboxylic acids is 1. The van der Waals surface area contributed by atoms with Gasteiger partial charge in [0, 0.05) is 19.5 Å². The van der Waals surface area contributed by atoms with Crippen LogP contribution >= 0.6 is 0 Å². The first-order valence-corrected chi connectivity index (χ1v) is 9.51. The first-order chi connectivity index (χ1) is 13.2. The van der Waals surface area contributed by atoms with Crippen molar-refractivity contribution >= 4 is 5.91 Å². The van der Waals surface area contributed by atoms with E-state index in [4.69, 9.17) is 14.2 Å². The zero-order valence-electron chi connectivity index (χ0n) is 16.1. The van der Waals surface area contributed by atoms with Gasteiger partial charge in [0.15, 0.2) is 11.5 Å². The Bertz CT molecular complexity index is 775. The average molecular weight is 369 g/mol. The first-order valence-electron chi connectivity index (χ1n) is 9.51. The summed E-state index contributed by atoms with van der Waals surface area (Å²) in [6.45, 7) is 6.22. The molecule has 0 atom stereocenters. The molecule has 0 saturated carbocycles. The molecule has 1 amide bonds. The fourth-order valence-electron chi connectivity index (χ4n) is 3.07. The predicted octanol–water partition coefficient (Wildman–Crippen LogP) is 4.32. The minimum absolute atomic E-state index is 0.172. The normalized spacial score (nSPS) is 12.1.